The average Bonchev–Trinajstić information content (AvgIpc) is 2.75. The van der Waals surface area contributed by atoms with E-state index in [1.165, 1.54) is 25.7 Å². The van der Waals surface area contributed by atoms with Gasteiger partial charge in [-0.1, -0.05) is 88.6 Å². The van der Waals surface area contributed by atoms with E-state index in [9.17, 15) is 4.79 Å². The zero-order valence-corrected chi connectivity index (χ0v) is 19.8. The molecule has 0 saturated carbocycles. The first-order valence-electron chi connectivity index (χ1n) is 12.2. The molecular formula is C27H46O3. The minimum Gasteiger partial charge on any atom is -0.436 e. The van der Waals surface area contributed by atoms with Crippen molar-refractivity contribution in [2.45, 2.75) is 111 Å². The Hall–Kier alpha value is -1.61. The molecule has 1 unspecified atom stereocenters. The van der Waals surface area contributed by atoms with Crippen molar-refractivity contribution in [3.8, 4) is 0 Å². The van der Waals surface area contributed by atoms with Crippen molar-refractivity contribution >= 4 is 5.97 Å². The highest BCUT2D eigenvalue weighted by molar-refractivity contribution is 5.69. The number of hydrogen-bond donors (Lipinski definition) is 0. The van der Waals surface area contributed by atoms with Crippen molar-refractivity contribution in [1.29, 1.82) is 0 Å². The fraction of sp³-hybridized carbons (Fsp3) is 0.667. The monoisotopic (exact) mass is 418 g/mol. The molecule has 3 nitrogen and oxygen atoms in total. The summed E-state index contributed by atoms with van der Waals surface area (Å²) < 4.78 is 10.9. The number of allylic oxidation sites excluding steroid dienone is 8. The number of carbonyl (C=O) groups excluding carboxylic acids is 1. The van der Waals surface area contributed by atoms with Crippen LogP contribution in [0.4, 0.5) is 0 Å². The molecule has 0 bridgehead atoms. The second-order valence-corrected chi connectivity index (χ2v) is 7.53. The predicted octanol–water partition coefficient (Wildman–Crippen LogP) is 8.23. The second-order valence-electron chi connectivity index (χ2n) is 7.53. The number of unbranched alkanes of at least 4 members (excludes halogenated alkanes) is 5. The van der Waals surface area contributed by atoms with Gasteiger partial charge < -0.3 is 9.47 Å². The lowest BCUT2D eigenvalue weighted by atomic mass is 10.2. The van der Waals surface area contributed by atoms with E-state index >= 15 is 0 Å². The van der Waals surface area contributed by atoms with Gasteiger partial charge in [-0.25, -0.2) is 0 Å². The molecule has 30 heavy (non-hydrogen) atoms. The summed E-state index contributed by atoms with van der Waals surface area (Å²) in [5.74, 6) is -0.158. The van der Waals surface area contributed by atoms with Crippen molar-refractivity contribution < 1.29 is 14.3 Å². The summed E-state index contributed by atoms with van der Waals surface area (Å²) in [7, 11) is 0. The first-order valence-corrected chi connectivity index (χ1v) is 12.2. The summed E-state index contributed by atoms with van der Waals surface area (Å²) in [6, 6.07) is 0. The molecule has 0 aromatic heterocycles. The Labute approximate surface area is 186 Å². The van der Waals surface area contributed by atoms with Gasteiger partial charge in [-0.15, -0.1) is 0 Å². The van der Waals surface area contributed by atoms with Crippen LogP contribution >= 0.6 is 0 Å². The summed E-state index contributed by atoms with van der Waals surface area (Å²) in [5.41, 5.74) is 0. The molecule has 0 saturated heterocycles. The third-order valence-corrected chi connectivity index (χ3v) is 4.61. The van der Waals surface area contributed by atoms with E-state index < -0.39 is 0 Å². The van der Waals surface area contributed by atoms with Crippen molar-refractivity contribution in [2.24, 2.45) is 0 Å². The van der Waals surface area contributed by atoms with Gasteiger partial charge in [0.1, 0.15) is 0 Å². The van der Waals surface area contributed by atoms with Crippen molar-refractivity contribution in [3.63, 3.8) is 0 Å². The SMILES string of the molecule is CCCCCC=CCC=CCC=CCC=CCCCC(=O)OC(CC)OCCCC. The Morgan fingerprint density at radius 1 is 0.700 bits per heavy atom. The Kier molecular flexibility index (Phi) is 22.4. The minimum absolute atomic E-state index is 0.158. The molecule has 0 rings (SSSR count). The van der Waals surface area contributed by atoms with Crippen LogP contribution in [0, 0.1) is 0 Å². The van der Waals surface area contributed by atoms with Crippen LogP contribution in [-0.2, 0) is 14.3 Å². The third-order valence-electron chi connectivity index (χ3n) is 4.61. The molecule has 0 N–H and O–H groups in total. The molecule has 0 fully saturated rings. The van der Waals surface area contributed by atoms with Gasteiger partial charge in [0.05, 0.1) is 6.61 Å². The molecule has 0 aliphatic heterocycles. The van der Waals surface area contributed by atoms with E-state index in [2.05, 4.69) is 62.5 Å². The Morgan fingerprint density at radius 3 is 1.77 bits per heavy atom. The zero-order valence-electron chi connectivity index (χ0n) is 19.8. The van der Waals surface area contributed by atoms with E-state index in [-0.39, 0.29) is 12.3 Å². The molecular weight excluding hydrogens is 372 g/mol. The molecule has 172 valence electrons. The Bertz CT molecular complexity index is 488. The largest absolute Gasteiger partial charge is 0.436 e. The zero-order chi connectivity index (χ0) is 22.1. The summed E-state index contributed by atoms with van der Waals surface area (Å²) in [6.07, 6.45) is 30.4. The molecule has 1 atom stereocenters. The van der Waals surface area contributed by atoms with Gasteiger partial charge in [-0.05, 0) is 51.4 Å². The lowest BCUT2D eigenvalue weighted by molar-refractivity contribution is -0.179. The van der Waals surface area contributed by atoms with Gasteiger partial charge in [0.25, 0.3) is 0 Å². The molecule has 0 radical (unpaired) electrons. The summed E-state index contributed by atoms with van der Waals surface area (Å²) >= 11 is 0. The summed E-state index contributed by atoms with van der Waals surface area (Å²) in [5, 5.41) is 0. The molecule has 3 heteroatoms. The number of esters is 1. The fourth-order valence-electron chi connectivity index (χ4n) is 2.73. The van der Waals surface area contributed by atoms with Crippen LogP contribution in [-0.4, -0.2) is 18.9 Å². The van der Waals surface area contributed by atoms with Crippen LogP contribution in [0.25, 0.3) is 0 Å². The lowest BCUT2D eigenvalue weighted by Gasteiger charge is -2.16. The topological polar surface area (TPSA) is 35.5 Å². The highest BCUT2D eigenvalue weighted by Gasteiger charge is 2.11. The van der Waals surface area contributed by atoms with Gasteiger partial charge in [0.2, 0.25) is 6.29 Å². The van der Waals surface area contributed by atoms with Gasteiger partial charge in [0.15, 0.2) is 0 Å². The molecule has 0 aromatic rings. The van der Waals surface area contributed by atoms with Gasteiger partial charge in [-0.2, -0.15) is 0 Å². The van der Waals surface area contributed by atoms with E-state index in [0.29, 0.717) is 19.4 Å². The maximum Gasteiger partial charge on any atom is 0.308 e. The molecule has 0 aliphatic rings. The van der Waals surface area contributed by atoms with Crippen LogP contribution < -0.4 is 0 Å². The number of ether oxygens (including phenoxy) is 2. The van der Waals surface area contributed by atoms with Gasteiger partial charge in [0, 0.05) is 12.8 Å². The normalized spacial score (nSPS) is 13.3. The minimum atomic E-state index is -0.388. The first kappa shape index (κ1) is 28.4. The Morgan fingerprint density at radius 2 is 1.23 bits per heavy atom. The fourth-order valence-corrected chi connectivity index (χ4v) is 2.73. The molecule has 0 aromatic carbocycles. The van der Waals surface area contributed by atoms with E-state index in [1.807, 2.05) is 6.92 Å². The maximum absolute atomic E-state index is 11.9. The van der Waals surface area contributed by atoms with Crippen LogP contribution in [0.15, 0.2) is 48.6 Å². The smallest absolute Gasteiger partial charge is 0.308 e. The van der Waals surface area contributed by atoms with Crippen LogP contribution in [0.3, 0.4) is 0 Å². The second kappa shape index (κ2) is 23.7. The van der Waals surface area contributed by atoms with Crippen LogP contribution in [0.2, 0.25) is 0 Å². The summed E-state index contributed by atoms with van der Waals surface area (Å²) in [4.78, 5) is 11.9. The standard InChI is InChI=1S/C27H46O3/c1-4-7-9-10-11-12-13-14-15-16-17-18-19-20-21-22-23-24-26(28)30-27(6-3)29-25-8-5-2/h11-12,14-15,17-18,20-21,27H,4-10,13,16,19,22-25H2,1-3H3. The molecule has 0 aliphatic carbocycles. The average molecular weight is 419 g/mol. The number of rotatable bonds is 20. The highest BCUT2D eigenvalue weighted by atomic mass is 16.7. The predicted molar refractivity (Wildman–Crippen MR) is 129 cm³/mol. The van der Waals surface area contributed by atoms with Crippen LogP contribution in [0.5, 0.6) is 0 Å². The van der Waals surface area contributed by atoms with E-state index in [1.54, 1.807) is 0 Å². The van der Waals surface area contributed by atoms with E-state index in [4.69, 9.17) is 9.47 Å². The number of hydrogen-bond acceptors (Lipinski definition) is 3. The van der Waals surface area contributed by atoms with Crippen molar-refractivity contribution in [2.75, 3.05) is 6.61 Å². The van der Waals surface area contributed by atoms with Crippen molar-refractivity contribution in [1.82, 2.24) is 0 Å². The van der Waals surface area contributed by atoms with Gasteiger partial charge >= 0.3 is 5.97 Å². The van der Waals surface area contributed by atoms with Crippen molar-refractivity contribution in [3.05, 3.63) is 48.6 Å². The molecule has 0 spiro atoms. The quantitative estimate of drug-likeness (QED) is 0.0864. The third kappa shape index (κ3) is 21.1. The lowest BCUT2D eigenvalue weighted by Crippen LogP contribution is -2.21. The van der Waals surface area contributed by atoms with E-state index in [0.717, 1.165) is 44.9 Å². The van der Waals surface area contributed by atoms with Gasteiger partial charge in [-0.3, -0.25) is 4.79 Å². The Balaban J connectivity index is 3.63. The first-order chi connectivity index (χ1) is 14.7. The maximum atomic E-state index is 11.9. The molecule has 0 amide bonds. The highest BCUT2D eigenvalue weighted by Crippen LogP contribution is 2.07. The summed E-state index contributed by atoms with van der Waals surface area (Å²) in [6.45, 7) is 6.99. The van der Waals surface area contributed by atoms with Crippen LogP contribution in [0.1, 0.15) is 104 Å². The number of carbonyl (C=O) groups is 1. The molecule has 0 heterocycles.